The molecule has 3 rings (SSSR count). The predicted molar refractivity (Wildman–Crippen MR) is 109 cm³/mol. The van der Waals surface area contributed by atoms with Crippen LogP contribution in [0.2, 0.25) is 0 Å². The first kappa shape index (κ1) is 19.1. The summed E-state index contributed by atoms with van der Waals surface area (Å²) in [6.07, 6.45) is 2.86. The van der Waals surface area contributed by atoms with Crippen LogP contribution in [0.1, 0.15) is 39.7 Å². The van der Waals surface area contributed by atoms with Gasteiger partial charge in [0.25, 0.3) is 5.91 Å². The van der Waals surface area contributed by atoms with Gasteiger partial charge in [0.1, 0.15) is 5.00 Å². The third-order valence-electron chi connectivity index (χ3n) is 4.79. The number of fused-ring (bicyclic) bond motifs is 1. The van der Waals surface area contributed by atoms with Crippen molar-refractivity contribution >= 4 is 44.1 Å². The number of benzene rings is 1. The van der Waals surface area contributed by atoms with E-state index in [1.54, 1.807) is 0 Å². The Morgan fingerprint density at radius 1 is 1.31 bits per heavy atom. The zero-order chi connectivity index (χ0) is 18.8. The summed E-state index contributed by atoms with van der Waals surface area (Å²) in [5, 5.41) is 3.52. The zero-order valence-corrected chi connectivity index (χ0v) is 17.2. The summed E-state index contributed by atoms with van der Waals surface area (Å²) in [7, 11) is 1.91. The van der Waals surface area contributed by atoms with Crippen molar-refractivity contribution in [3.05, 3.63) is 50.3 Å². The summed E-state index contributed by atoms with van der Waals surface area (Å²) in [4.78, 5) is 27.7. The minimum Gasteiger partial charge on any atom is -0.365 e. The molecule has 2 aromatic rings. The van der Waals surface area contributed by atoms with E-state index < -0.39 is 5.91 Å². The molecule has 0 radical (unpaired) electrons. The van der Waals surface area contributed by atoms with Gasteiger partial charge in [-0.1, -0.05) is 28.1 Å². The molecule has 3 N–H and O–H groups in total. The third-order valence-corrected chi connectivity index (χ3v) is 6.53. The Hall–Kier alpha value is -1.70. The van der Waals surface area contributed by atoms with Crippen molar-refractivity contribution in [1.29, 1.82) is 0 Å². The molecule has 0 saturated heterocycles. The van der Waals surface area contributed by atoms with E-state index in [4.69, 9.17) is 5.73 Å². The van der Waals surface area contributed by atoms with Crippen molar-refractivity contribution in [2.24, 2.45) is 5.73 Å². The van der Waals surface area contributed by atoms with Crippen LogP contribution < -0.4 is 11.1 Å². The average Bonchev–Trinajstić information content (AvgIpc) is 3.16. The molecule has 1 heterocycles. The Bertz CT molecular complexity index is 832. The van der Waals surface area contributed by atoms with Gasteiger partial charge in [0.15, 0.2) is 0 Å². The lowest BCUT2D eigenvalue weighted by molar-refractivity contribution is -0.120. The lowest BCUT2D eigenvalue weighted by Crippen LogP contribution is -2.39. The second kappa shape index (κ2) is 7.90. The lowest BCUT2D eigenvalue weighted by atomic mass is 10.1. The number of hydrogen-bond acceptors (Lipinski definition) is 4. The van der Waals surface area contributed by atoms with E-state index in [9.17, 15) is 9.59 Å². The molecule has 7 heteroatoms. The topological polar surface area (TPSA) is 75.4 Å². The van der Waals surface area contributed by atoms with E-state index in [2.05, 4.69) is 21.2 Å². The van der Waals surface area contributed by atoms with Crippen molar-refractivity contribution in [2.45, 2.75) is 38.8 Å². The smallest absolute Gasteiger partial charge is 0.251 e. The Morgan fingerprint density at radius 2 is 2.00 bits per heavy atom. The maximum atomic E-state index is 12.7. The molecular weight excluding hydrogens is 414 g/mol. The van der Waals surface area contributed by atoms with Gasteiger partial charge in [0.05, 0.1) is 11.6 Å². The van der Waals surface area contributed by atoms with Crippen LogP contribution in [-0.4, -0.2) is 29.8 Å². The van der Waals surface area contributed by atoms with Crippen LogP contribution in [0.25, 0.3) is 0 Å². The molecule has 1 aromatic heterocycles. The van der Waals surface area contributed by atoms with Crippen molar-refractivity contribution in [3.8, 4) is 0 Å². The monoisotopic (exact) mass is 435 g/mol. The molecule has 0 unspecified atom stereocenters. The van der Waals surface area contributed by atoms with Crippen LogP contribution in [0.15, 0.2) is 28.7 Å². The summed E-state index contributed by atoms with van der Waals surface area (Å²) in [6.45, 7) is 2.52. The quantitative estimate of drug-likeness (QED) is 0.727. The van der Waals surface area contributed by atoms with E-state index in [0.717, 1.165) is 34.9 Å². The maximum absolute atomic E-state index is 12.7. The van der Waals surface area contributed by atoms with Crippen LogP contribution >= 0.6 is 27.3 Å². The molecular formula is C19H22BrN3O2S. The molecule has 0 bridgehead atoms. The van der Waals surface area contributed by atoms with Crippen LogP contribution in [0.5, 0.6) is 0 Å². The van der Waals surface area contributed by atoms with Gasteiger partial charge in [-0.15, -0.1) is 11.3 Å². The summed E-state index contributed by atoms with van der Waals surface area (Å²) in [6, 6.07) is 7.69. The molecule has 1 aromatic carbocycles. The number of rotatable bonds is 6. The van der Waals surface area contributed by atoms with E-state index in [-0.39, 0.29) is 11.9 Å². The van der Waals surface area contributed by atoms with E-state index in [1.165, 1.54) is 16.2 Å². The minimum absolute atomic E-state index is 0.132. The summed E-state index contributed by atoms with van der Waals surface area (Å²) in [5.41, 5.74) is 8.21. The van der Waals surface area contributed by atoms with E-state index in [0.29, 0.717) is 17.1 Å². The predicted octanol–water partition coefficient (Wildman–Crippen LogP) is 3.56. The van der Waals surface area contributed by atoms with Crippen LogP contribution in [-0.2, 0) is 24.2 Å². The number of hydrogen-bond donors (Lipinski definition) is 2. The third kappa shape index (κ3) is 4.00. The van der Waals surface area contributed by atoms with Crippen LogP contribution in [0.3, 0.4) is 0 Å². The number of nitrogens with zero attached hydrogens (tertiary/aromatic N) is 1. The molecule has 5 nitrogen and oxygen atoms in total. The molecule has 26 heavy (non-hydrogen) atoms. The fourth-order valence-corrected chi connectivity index (χ4v) is 4.75. The Balaban J connectivity index is 1.69. The standard InChI is InChI=1S/C19H22BrN3O2S/c1-11(23(2)10-12-6-8-13(20)9-7-12)18(25)22-19-16(17(21)24)14-4-3-5-15(14)26-19/h6-9,11H,3-5,10H2,1-2H3,(H2,21,24)(H,22,25)/t11-/m1/s1. The highest BCUT2D eigenvalue weighted by atomic mass is 79.9. The first-order valence-corrected chi connectivity index (χ1v) is 10.2. The van der Waals surface area contributed by atoms with Gasteiger partial charge >= 0.3 is 0 Å². The fourth-order valence-electron chi connectivity index (χ4n) is 3.18. The number of thiophene rings is 1. The maximum Gasteiger partial charge on any atom is 0.251 e. The van der Waals surface area contributed by atoms with Gasteiger partial charge in [-0.05, 0) is 56.5 Å². The molecule has 1 aliphatic carbocycles. The number of amides is 2. The SMILES string of the molecule is C[C@H](C(=O)Nc1sc2c(c1C(N)=O)CCC2)N(C)Cc1ccc(Br)cc1. The number of aryl methyl sites for hydroxylation is 1. The Kier molecular flexibility index (Phi) is 5.79. The van der Waals surface area contributed by atoms with Gasteiger partial charge in [0.2, 0.25) is 5.91 Å². The van der Waals surface area contributed by atoms with Crippen LogP contribution in [0.4, 0.5) is 5.00 Å². The molecule has 2 amide bonds. The summed E-state index contributed by atoms with van der Waals surface area (Å²) in [5.74, 6) is -0.595. The highest BCUT2D eigenvalue weighted by molar-refractivity contribution is 9.10. The molecule has 0 aliphatic heterocycles. The molecule has 0 saturated carbocycles. The number of likely N-dealkylation sites (N-methyl/N-ethyl adjacent to an activating group) is 1. The molecule has 138 valence electrons. The normalized spacial score (nSPS) is 14.3. The number of anilines is 1. The fraction of sp³-hybridized carbons (Fsp3) is 0.368. The van der Waals surface area contributed by atoms with Crippen molar-refractivity contribution < 1.29 is 9.59 Å². The molecule has 0 spiro atoms. The second-order valence-corrected chi connectivity index (χ2v) is 8.65. The lowest BCUT2D eigenvalue weighted by Gasteiger charge is -2.24. The van der Waals surface area contributed by atoms with Gasteiger partial charge in [-0.3, -0.25) is 14.5 Å². The summed E-state index contributed by atoms with van der Waals surface area (Å²) >= 11 is 4.91. The van der Waals surface area contributed by atoms with E-state index in [1.807, 2.05) is 43.1 Å². The van der Waals surface area contributed by atoms with Gasteiger partial charge in [-0.2, -0.15) is 0 Å². The number of carbonyl (C=O) groups is 2. The molecule has 1 aliphatic rings. The number of carbonyl (C=O) groups excluding carboxylic acids is 2. The van der Waals surface area contributed by atoms with Crippen molar-refractivity contribution in [3.63, 3.8) is 0 Å². The first-order valence-electron chi connectivity index (χ1n) is 8.56. The van der Waals surface area contributed by atoms with Gasteiger partial charge in [-0.25, -0.2) is 0 Å². The van der Waals surface area contributed by atoms with Gasteiger partial charge in [0, 0.05) is 15.9 Å². The highest BCUT2D eigenvalue weighted by Gasteiger charge is 2.27. The Morgan fingerprint density at radius 3 is 2.65 bits per heavy atom. The molecule has 1 atom stereocenters. The second-order valence-electron chi connectivity index (χ2n) is 6.63. The van der Waals surface area contributed by atoms with Crippen LogP contribution in [0, 0.1) is 0 Å². The van der Waals surface area contributed by atoms with Crippen molar-refractivity contribution in [1.82, 2.24) is 4.90 Å². The summed E-state index contributed by atoms with van der Waals surface area (Å²) < 4.78 is 1.03. The number of halogens is 1. The minimum atomic E-state index is -0.462. The number of primary amides is 1. The molecule has 0 fully saturated rings. The highest BCUT2D eigenvalue weighted by Crippen LogP contribution is 2.38. The van der Waals surface area contributed by atoms with Crippen molar-refractivity contribution in [2.75, 3.05) is 12.4 Å². The average molecular weight is 436 g/mol. The largest absolute Gasteiger partial charge is 0.365 e. The number of nitrogens with two attached hydrogens (primary N) is 1. The first-order chi connectivity index (χ1) is 12.4. The number of nitrogens with one attached hydrogen (secondary N) is 1. The Labute approximate surface area is 165 Å². The van der Waals surface area contributed by atoms with E-state index >= 15 is 0 Å². The zero-order valence-electron chi connectivity index (χ0n) is 14.8. The van der Waals surface area contributed by atoms with Gasteiger partial charge < -0.3 is 11.1 Å².